The molecule has 1 N–H and O–H groups in total. The number of hydrogen-bond acceptors (Lipinski definition) is 4. The van der Waals surface area contributed by atoms with Gasteiger partial charge in [-0.15, -0.1) is 11.8 Å². The standard InChI is InChI=1S/C8H13NS2.C4H9N.CH4/c1-7(4-11-6-10)8(2,3)5-9;1-3-4-5-2;/h6-7H,4H2,1-3H3;3-5H,1-2H3;1H4/b;4-3+;. The lowest BCUT2D eigenvalue weighted by atomic mass is 9.83. The van der Waals surface area contributed by atoms with Crippen LogP contribution < -0.4 is 5.32 Å². The van der Waals surface area contributed by atoms with Gasteiger partial charge >= 0.3 is 0 Å². The second-order valence-electron chi connectivity index (χ2n) is 3.95. The molecule has 0 spiro atoms. The van der Waals surface area contributed by atoms with Crippen molar-refractivity contribution < 1.29 is 0 Å². The lowest BCUT2D eigenvalue weighted by molar-refractivity contribution is 0.351. The molecule has 0 aromatic rings. The van der Waals surface area contributed by atoms with Gasteiger partial charge in [0.25, 0.3) is 0 Å². The molecule has 0 rings (SSSR count). The Labute approximate surface area is 117 Å². The van der Waals surface area contributed by atoms with Gasteiger partial charge in [0.1, 0.15) is 0 Å². The second kappa shape index (κ2) is 13.5. The first kappa shape index (κ1) is 21.7. The highest BCUT2D eigenvalue weighted by molar-refractivity contribution is 8.20. The predicted molar refractivity (Wildman–Crippen MR) is 85.3 cm³/mol. The zero-order chi connectivity index (χ0) is 13.0. The number of hydrogen-bond donors (Lipinski definition) is 1. The molecule has 0 radical (unpaired) electrons. The Hall–Kier alpha value is -0.530. The Kier molecular flexibility index (Phi) is 17.3. The molecule has 4 heteroatoms. The molecule has 100 valence electrons. The van der Waals surface area contributed by atoms with Crippen LogP contribution in [0.1, 0.15) is 35.1 Å². The Morgan fingerprint density at radius 2 is 2.06 bits per heavy atom. The molecule has 0 saturated heterocycles. The van der Waals surface area contributed by atoms with E-state index in [1.807, 2.05) is 40.1 Å². The average Bonchev–Trinajstić information content (AvgIpc) is 2.27. The summed E-state index contributed by atoms with van der Waals surface area (Å²) >= 11 is 6.28. The van der Waals surface area contributed by atoms with Crippen LogP contribution in [-0.2, 0) is 0 Å². The lowest BCUT2D eigenvalue weighted by Gasteiger charge is -2.22. The molecule has 2 nitrogen and oxygen atoms in total. The third-order valence-electron chi connectivity index (χ3n) is 2.27. The van der Waals surface area contributed by atoms with Crippen LogP contribution in [-0.4, -0.2) is 17.5 Å². The minimum absolute atomic E-state index is 0. The summed E-state index contributed by atoms with van der Waals surface area (Å²) in [5, 5.41) is 11.6. The number of thioether (sulfide) groups is 1. The summed E-state index contributed by atoms with van der Waals surface area (Å²) in [5.74, 6) is 1.32. The van der Waals surface area contributed by atoms with E-state index in [4.69, 9.17) is 5.26 Å². The number of nitrogens with zero attached hydrogens (tertiary/aromatic N) is 1. The highest BCUT2D eigenvalue weighted by atomic mass is 32.2. The van der Waals surface area contributed by atoms with E-state index in [1.54, 1.807) is 16.5 Å². The molecular formula is C13H26N2S2. The van der Waals surface area contributed by atoms with E-state index in [9.17, 15) is 0 Å². The van der Waals surface area contributed by atoms with Crippen molar-refractivity contribution in [1.82, 2.24) is 5.32 Å². The maximum absolute atomic E-state index is 8.77. The van der Waals surface area contributed by atoms with Crippen LogP contribution in [0.15, 0.2) is 12.3 Å². The first-order valence-electron chi connectivity index (χ1n) is 5.21. The number of nitrogens with one attached hydrogen (secondary N) is 1. The molecule has 0 aromatic carbocycles. The van der Waals surface area contributed by atoms with E-state index in [0.717, 1.165) is 5.75 Å². The zero-order valence-electron chi connectivity index (χ0n) is 10.8. The Balaban J connectivity index is -0.000000280. The maximum Gasteiger partial charge on any atom is 0.0687 e. The van der Waals surface area contributed by atoms with Gasteiger partial charge in [-0.25, -0.2) is 0 Å². The van der Waals surface area contributed by atoms with Gasteiger partial charge in [0.05, 0.1) is 11.5 Å². The van der Waals surface area contributed by atoms with Crippen molar-refractivity contribution in [2.45, 2.75) is 35.1 Å². The first-order valence-corrected chi connectivity index (χ1v) is 6.73. The van der Waals surface area contributed by atoms with Gasteiger partial charge in [0.15, 0.2) is 0 Å². The quantitative estimate of drug-likeness (QED) is 0.761. The van der Waals surface area contributed by atoms with Crippen LogP contribution >= 0.6 is 24.0 Å². The van der Waals surface area contributed by atoms with Gasteiger partial charge in [-0.3, -0.25) is 0 Å². The first-order chi connectivity index (χ1) is 7.46. The summed E-state index contributed by atoms with van der Waals surface area (Å²) in [7, 11) is 1.88. The fourth-order valence-electron chi connectivity index (χ4n) is 0.669. The molecule has 17 heavy (non-hydrogen) atoms. The highest BCUT2D eigenvalue weighted by Gasteiger charge is 2.24. The lowest BCUT2D eigenvalue weighted by Crippen LogP contribution is -2.21. The van der Waals surface area contributed by atoms with Crippen molar-refractivity contribution >= 4 is 28.7 Å². The number of allylic oxidation sites excluding steroid dienone is 1. The SMILES string of the molecule is C.C/C=C/NC.CC(CSC=S)C(C)(C)C#N. The molecule has 1 atom stereocenters. The van der Waals surface area contributed by atoms with Crippen LogP contribution in [0.2, 0.25) is 0 Å². The van der Waals surface area contributed by atoms with Gasteiger partial charge in [-0.1, -0.05) is 32.6 Å². The van der Waals surface area contributed by atoms with Crippen molar-refractivity contribution in [3.63, 3.8) is 0 Å². The number of rotatable bonds is 5. The summed E-state index contributed by atoms with van der Waals surface area (Å²) in [6.07, 6.45) is 3.82. The predicted octanol–water partition coefficient (Wildman–Crippen LogP) is 4.24. The van der Waals surface area contributed by atoms with E-state index in [1.165, 1.54) is 0 Å². The maximum atomic E-state index is 8.77. The van der Waals surface area contributed by atoms with Crippen LogP contribution in [0.25, 0.3) is 0 Å². The van der Waals surface area contributed by atoms with E-state index in [-0.39, 0.29) is 12.8 Å². The van der Waals surface area contributed by atoms with Crippen LogP contribution in [0.3, 0.4) is 0 Å². The molecule has 0 amide bonds. The summed E-state index contributed by atoms with van der Waals surface area (Å²) in [6, 6.07) is 2.29. The summed E-state index contributed by atoms with van der Waals surface area (Å²) < 4.78 is 1.66. The fourth-order valence-corrected chi connectivity index (χ4v) is 1.69. The molecule has 0 aliphatic carbocycles. The summed E-state index contributed by atoms with van der Waals surface area (Å²) in [5.41, 5.74) is -0.231. The van der Waals surface area contributed by atoms with Gasteiger partial charge in [-0.2, -0.15) is 5.26 Å². The highest BCUT2D eigenvalue weighted by Crippen LogP contribution is 2.27. The summed E-state index contributed by atoms with van der Waals surface area (Å²) in [4.78, 5) is 0. The smallest absolute Gasteiger partial charge is 0.0687 e. The minimum Gasteiger partial charge on any atom is -0.394 e. The van der Waals surface area contributed by atoms with Crippen molar-refractivity contribution in [2.24, 2.45) is 11.3 Å². The molecule has 0 aliphatic rings. The topological polar surface area (TPSA) is 35.8 Å². The largest absolute Gasteiger partial charge is 0.394 e. The Morgan fingerprint density at radius 3 is 2.29 bits per heavy atom. The molecule has 0 bridgehead atoms. The van der Waals surface area contributed by atoms with Crippen LogP contribution in [0.5, 0.6) is 0 Å². The van der Waals surface area contributed by atoms with Crippen molar-refractivity contribution in [2.75, 3.05) is 12.8 Å². The number of thiocarbonyl (C=S) groups is 1. The van der Waals surface area contributed by atoms with Crippen molar-refractivity contribution in [1.29, 1.82) is 5.26 Å². The molecule has 0 aromatic heterocycles. The van der Waals surface area contributed by atoms with E-state index < -0.39 is 0 Å². The number of nitriles is 1. The third-order valence-corrected chi connectivity index (χ3v) is 3.50. The van der Waals surface area contributed by atoms with Gasteiger partial charge in [0.2, 0.25) is 0 Å². The van der Waals surface area contributed by atoms with Crippen LogP contribution in [0, 0.1) is 22.7 Å². The molecule has 0 heterocycles. The minimum atomic E-state index is -0.231. The fraction of sp³-hybridized carbons (Fsp3) is 0.692. The molecule has 0 fully saturated rings. The third kappa shape index (κ3) is 13.4. The molecule has 0 aliphatic heterocycles. The average molecular weight is 274 g/mol. The second-order valence-corrected chi connectivity index (χ2v) is 5.39. The van der Waals surface area contributed by atoms with Crippen molar-refractivity contribution in [3.05, 3.63) is 12.3 Å². The van der Waals surface area contributed by atoms with Crippen molar-refractivity contribution in [3.8, 4) is 6.07 Å². The Bertz CT molecular complexity index is 242. The van der Waals surface area contributed by atoms with Gasteiger partial charge in [-0.05, 0) is 32.9 Å². The molecule has 0 saturated carbocycles. The van der Waals surface area contributed by atoms with E-state index >= 15 is 0 Å². The normalized spacial score (nSPS) is 11.5. The van der Waals surface area contributed by atoms with E-state index in [0.29, 0.717) is 5.92 Å². The Morgan fingerprint density at radius 1 is 1.53 bits per heavy atom. The van der Waals surface area contributed by atoms with Gasteiger partial charge < -0.3 is 5.32 Å². The zero-order valence-corrected chi connectivity index (χ0v) is 12.4. The molecule has 1 unspecified atom stereocenters. The van der Waals surface area contributed by atoms with Gasteiger partial charge in [0, 0.05) is 17.5 Å². The van der Waals surface area contributed by atoms with Crippen LogP contribution in [0.4, 0.5) is 0 Å². The summed E-state index contributed by atoms with van der Waals surface area (Å²) in [6.45, 7) is 7.97. The van der Waals surface area contributed by atoms with E-state index in [2.05, 4.69) is 30.5 Å². The molecular weight excluding hydrogens is 248 g/mol. The monoisotopic (exact) mass is 274 g/mol.